The maximum Gasteiger partial charge on any atom is 0.340 e. The van der Waals surface area contributed by atoms with Crippen LogP contribution < -0.4 is 0 Å². The van der Waals surface area contributed by atoms with Gasteiger partial charge in [-0.15, -0.1) is 0 Å². The van der Waals surface area contributed by atoms with E-state index in [1.165, 1.54) is 12.0 Å². The van der Waals surface area contributed by atoms with Crippen LogP contribution >= 0.6 is 0 Å². The predicted molar refractivity (Wildman–Crippen MR) is 117 cm³/mol. The van der Waals surface area contributed by atoms with E-state index >= 15 is 0 Å². The minimum Gasteiger partial charge on any atom is -0.460 e. The van der Waals surface area contributed by atoms with Gasteiger partial charge in [-0.1, -0.05) is 87.9 Å². The third-order valence-electron chi connectivity index (χ3n) is 6.42. The van der Waals surface area contributed by atoms with Gasteiger partial charge in [0.1, 0.15) is 6.10 Å². The van der Waals surface area contributed by atoms with Crippen molar-refractivity contribution >= 4 is 5.97 Å². The Morgan fingerprint density at radius 2 is 1.66 bits per heavy atom. The molecule has 0 amide bonds. The lowest BCUT2D eigenvalue weighted by Gasteiger charge is -2.44. The molecule has 3 nitrogen and oxygen atoms in total. The Hall–Kier alpha value is -2.13. The lowest BCUT2D eigenvalue weighted by Crippen LogP contribution is -2.44. The van der Waals surface area contributed by atoms with Gasteiger partial charge >= 0.3 is 5.97 Å². The summed E-state index contributed by atoms with van der Waals surface area (Å²) in [6.45, 7) is 9.19. The van der Waals surface area contributed by atoms with Gasteiger partial charge in [-0.05, 0) is 42.2 Å². The largest absolute Gasteiger partial charge is 0.460 e. The number of ether oxygens (including phenoxy) is 2. The molecule has 0 N–H and O–H groups in total. The zero-order valence-electron chi connectivity index (χ0n) is 18.1. The second-order valence-corrected chi connectivity index (χ2v) is 8.83. The molecule has 1 fully saturated rings. The van der Waals surface area contributed by atoms with Crippen molar-refractivity contribution in [2.45, 2.75) is 64.6 Å². The van der Waals surface area contributed by atoms with Gasteiger partial charge in [-0.3, -0.25) is 0 Å². The molecule has 3 heteroatoms. The van der Waals surface area contributed by atoms with Crippen molar-refractivity contribution in [2.75, 3.05) is 6.61 Å². The van der Waals surface area contributed by atoms with E-state index in [9.17, 15) is 4.79 Å². The van der Waals surface area contributed by atoms with Crippen molar-refractivity contribution in [3.8, 4) is 0 Å². The summed E-state index contributed by atoms with van der Waals surface area (Å²) in [6, 6.07) is 20.2. The molecule has 156 valence electrons. The molecule has 0 aliphatic heterocycles. The van der Waals surface area contributed by atoms with Crippen molar-refractivity contribution in [1.29, 1.82) is 0 Å². The molecule has 0 bridgehead atoms. The molecule has 0 aromatic heterocycles. The minimum atomic E-state index is -0.668. The Bertz CT molecular complexity index is 769. The van der Waals surface area contributed by atoms with E-state index in [4.69, 9.17) is 9.47 Å². The Morgan fingerprint density at radius 1 is 1.03 bits per heavy atom. The van der Waals surface area contributed by atoms with Crippen molar-refractivity contribution in [3.63, 3.8) is 0 Å². The molecular formula is C26H34O3. The van der Waals surface area contributed by atoms with Crippen LogP contribution in [0.4, 0.5) is 0 Å². The number of hydrogen-bond donors (Lipinski definition) is 0. The first kappa shape index (κ1) is 21.6. The molecule has 1 aliphatic rings. The molecule has 3 rings (SSSR count). The van der Waals surface area contributed by atoms with Crippen LogP contribution in [-0.2, 0) is 19.7 Å². The van der Waals surface area contributed by atoms with Gasteiger partial charge in [0.2, 0.25) is 0 Å². The highest BCUT2D eigenvalue weighted by Gasteiger charge is 2.42. The van der Waals surface area contributed by atoms with Crippen LogP contribution in [0.25, 0.3) is 0 Å². The van der Waals surface area contributed by atoms with Gasteiger partial charge in [0.15, 0.2) is 6.10 Å². The topological polar surface area (TPSA) is 35.5 Å². The fraction of sp³-hybridized carbons (Fsp3) is 0.500. The standard InChI is InChI=1S/C26H34O3/c1-5-28-24(20-12-8-6-9-13-20)25(27)29-23-18-19(2)16-17-22(23)26(3,4)21-14-10-7-11-15-21/h6-15,19,22-24H,5,16-18H2,1-4H3/t19-,22-,23-,24?/m1/s1. The average Bonchev–Trinajstić information content (AvgIpc) is 2.73. The van der Waals surface area contributed by atoms with E-state index in [0.29, 0.717) is 12.5 Å². The molecule has 2 aromatic carbocycles. The van der Waals surface area contributed by atoms with Crippen LogP contribution in [0.3, 0.4) is 0 Å². The number of rotatable bonds is 7. The number of carbonyl (C=O) groups excluding carboxylic acids is 1. The van der Waals surface area contributed by atoms with E-state index in [-0.39, 0.29) is 23.4 Å². The van der Waals surface area contributed by atoms with Gasteiger partial charge in [0.05, 0.1) is 0 Å². The SMILES string of the molecule is CCOC(C(=O)O[C@@H]1C[C@H](C)CC[C@H]1C(C)(C)c1ccccc1)c1ccccc1. The fourth-order valence-corrected chi connectivity index (χ4v) is 4.67. The molecule has 1 saturated carbocycles. The normalized spacial score (nSPS) is 23.4. The van der Waals surface area contributed by atoms with Crippen molar-refractivity contribution in [1.82, 2.24) is 0 Å². The molecule has 0 saturated heterocycles. The predicted octanol–water partition coefficient (Wildman–Crippen LogP) is 6.09. The summed E-state index contributed by atoms with van der Waals surface area (Å²) < 4.78 is 12.0. The molecule has 0 heterocycles. The second-order valence-electron chi connectivity index (χ2n) is 8.83. The van der Waals surface area contributed by atoms with Crippen LogP contribution in [0.15, 0.2) is 60.7 Å². The van der Waals surface area contributed by atoms with E-state index in [1.54, 1.807) is 0 Å². The minimum absolute atomic E-state index is 0.0692. The highest BCUT2D eigenvalue weighted by molar-refractivity contribution is 5.76. The fourth-order valence-electron chi connectivity index (χ4n) is 4.67. The summed E-state index contributed by atoms with van der Waals surface area (Å²) in [6.07, 6.45) is 2.36. The van der Waals surface area contributed by atoms with Gasteiger partial charge < -0.3 is 9.47 Å². The maximum atomic E-state index is 13.2. The first-order valence-corrected chi connectivity index (χ1v) is 10.9. The number of benzene rings is 2. The van der Waals surface area contributed by atoms with Gasteiger partial charge in [0, 0.05) is 12.5 Å². The monoisotopic (exact) mass is 394 g/mol. The summed E-state index contributed by atoms with van der Waals surface area (Å²) in [5, 5.41) is 0. The zero-order valence-corrected chi connectivity index (χ0v) is 18.1. The summed E-state index contributed by atoms with van der Waals surface area (Å²) in [4.78, 5) is 13.2. The summed E-state index contributed by atoms with van der Waals surface area (Å²) in [5.41, 5.74) is 2.08. The van der Waals surface area contributed by atoms with Gasteiger partial charge in [-0.2, -0.15) is 0 Å². The van der Waals surface area contributed by atoms with E-state index in [1.807, 2.05) is 43.3 Å². The Labute approximate surface area is 175 Å². The third-order valence-corrected chi connectivity index (χ3v) is 6.42. The summed E-state index contributed by atoms with van der Waals surface area (Å²) in [7, 11) is 0. The van der Waals surface area contributed by atoms with Crippen LogP contribution in [0.2, 0.25) is 0 Å². The van der Waals surface area contributed by atoms with E-state index < -0.39 is 6.10 Å². The maximum absolute atomic E-state index is 13.2. The molecule has 1 aliphatic carbocycles. The molecule has 2 aromatic rings. The molecule has 0 spiro atoms. The van der Waals surface area contributed by atoms with Crippen molar-refractivity contribution in [3.05, 3.63) is 71.8 Å². The molecular weight excluding hydrogens is 360 g/mol. The Morgan fingerprint density at radius 3 is 2.28 bits per heavy atom. The average molecular weight is 395 g/mol. The van der Waals surface area contributed by atoms with E-state index in [2.05, 4.69) is 45.0 Å². The van der Waals surface area contributed by atoms with Crippen LogP contribution in [0, 0.1) is 11.8 Å². The molecule has 0 radical (unpaired) electrons. The first-order chi connectivity index (χ1) is 13.9. The van der Waals surface area contributed by atoms with Gasteiger partial charge in [0.25, 0.3) is 0 Å². The second kappa shape index (κ2) is 9.58. The smallest absolute Gasteiger partial charge is 0.340 e. The van der Waals surface area contributed by atoms with Crippen LogP contribution in [-0.4, -0.2) is 18.7 Å². The number of carbonyl (C=O) groups is 1. The first-order valence-electron chi connectivity index (χ1n) is 10.9. The summed E-state index contributed by atoms with van der Waals surface area (Å²) >= 11 is 0. The van der Waals surface area contributed by atoms with Gasteiger partial charge in [-0.25, -0.2) is 4.79 Å². The van der Waals surface area contributed by atoms with Crippen LogP contribution in [0.5, 0.6) is 0 Å². The zero-order chi connectivity index (χ0) is 20.9. The highest BCUT2D eigenvalue weighted by Crippen LogP contribution is 2.44. The highest BCUT2D eigenvalue weighted by atomic mass is 16.6. The quantitative estimate of drug-likeness (QED) is 0.533. The number of esters is 1. The van der Waals surface area contributed by atoms with Crippen LogP contribution in [0.1, 0.15) is 64.2 Å². The number of hydrogen-bond acceptors (Lipinski definition) is 3. The molecule has 29 heavy (non-hydrogen) atoms. The lowest BCUT2D eigenvalue weighted by atomic mass is 9.64. The summed E-state index contributed by atoms with van der Waals surface area (Å²) in [5.74, 6) is 0.562. The Kier molecular flexibility index (Phi) is 7.13. The molecule has 1 unspecified atom stereocenters. The van der Waals surface area contributed by atoms with E-state index in [0.717, 1.165) is 18.4 Å². The van der Waals surface area contributed by atoms with Crippen molar-refractivity contribution in [2.24, 2.45) is 11.8 Å². The third kappa shape index (κ3) is 5.08. The Balaban J connectivity index is 1.82. The molecule has 4 atom stereocenters. The lowest BCUT2D eigenvalue weighted by molar-refractivity contribution is -0.170. The van der Waals surface area contributed by atoms with Crippen molar-refractivity contribution < 1.29 is 14.3 Å².